The Morgan fingerprint density at radius 1 is 1.13 bits per heavy atom. The molecule has 0 fully saturated rings. The third-order valence-corrected chi connectivity index (χ3v) is 4.91. The fourth-order valence-electron chi connectivity index (χ4n) is 2.45. The van der Waals surface area contributed by atoms with E-state index in [-0.39, 0.29) is 5.91 Å². The highest BCUT2D eigenvalue weighted by Crippen LogP contribution is 2.21. The van der Waals surface area contributed by atoms with Crippen molar-refractivity contribution in [2.45, 2.75) is 13.1 Å². The average Bonchev–Trinajstić information content (AvgIpc) is 3.19. The Morgan fingerprint density at radius 3 is 2.61 bits per heavy atom. The molecule has 0 aliphatic rings. The third kappa shape index (κ3) is 3.66. The van der Waals surface area contributed by atoms with Crippen LogP contribution in [-0.2, 0) is 20.1 Å². The van der Waals surface area contributed by atoms with Crippen LogP contribution in [0.15, 0.2) is 60.1 Å². The van der Waals surface area contributed by atoms with Crippen molar-refractivity contribution in [2.75, 3.05) is 0 Å². The fourth-order valence-corrected chi connectivity index (χ4v) is 3.39. The normalized spacial score (nSPS) is 10.7. The largest absolute Gasteiger partial charge is 0.353 e. The van der Waals surface area contributed by atoms with E-state index in [1.807, 2.05) is 64.5 Å². The van der Waals surface area contributed by atoms with Crippen molar-refractivity contribution in [3.63, 3.8) is 0 Å². The van der Waals surface area contributed by atoms with Crippen LogP contribution in [0.25, 0.3) is 0 Å². The molecular formula is C18H17ClN2OS. The second-order valence-corrected chi connectivity index (χ2v) is 6.77. The first kappa shape index (κ1) is 15.8. The lowest BCUT2D eigenvalue weighted by Crippen LogP contribution is -2.30. The third-order valence-electron chi connectivity index (χ3n) is 3.72. The van der Waals surface area contributed by atoms with Crippen LogP contribution in [0.3, 0.4) is 0 Å². The van der Waals surface area contributed by atoms with E-state index in [0.29, 0.717) is 23.7 Å². The summed E-state index contributed by atoms with van der Waals surface area (Å²) in [5.41, 5.74) is 1.63. The number of benzene rings is 1. The Hall–Kier alpha value is -2.04. The molecule has 1 amide bonds. The number of aromatic nitrogens is 1. The highest BCUT2D eigenvalue weighted by molar-refractivity contribution is 7.09. The van der Waals surface area contributed by atoms with Gasteiger partial charge in [-0.05, 0) is 35.7 Å². The Morgan fingerprint density at radius 2 is 1.96 bits per heavy atom. The number of halogens is 1. The molecule has 0 saturated heterocycles. The molecule has 3 nitrogen and oxygen atoms in total. The molecule has 0 N–H and O–H groups in total. The summed E-state index contributed by atoms with van der Waals surface area (Å²) in [5.74, 6) is -0.0507. The van der Waals surface area contributed by atoms with E-state index in [4.69, 9.17) is 11.6 Å². The fraction of sp³-hybridized carbons (Fsp3) is 0.167. The molecule has 3 aromatic rings. The van der Waals surface area contributed by atoms with Crippen LogP contribution < -0.4 is 0 Å². The lowest BCUT2D eigenvalue weighted by atomic mass is 10.2. The van der Waals surface area contributed by atoms with Gasteiger partial charge < -0.3 is 9.47 Å². The topological polar surface area (TPSA) is 25.2 Å². The molecule has 5 heteroatoms. The number of amides is 1. The summed E-state index contributed by atoms with van der Waals surface area (Å²) in [6.45, 7) is 1.12. The van der Waals surface area contributed by atoms with E-state index in [0.717, 1.165) is 10.6 Å². The summed E-state index contributed by atoms with van der Waals surface area (Å²) in [7, 11) is 1.98. The number of nitrogens with zero attached hydrogens (tertiary/aromatic N) is 2. The summed E-state index contributed by atoms with van der Waals surface area (Å²) in [5, 5.41) is 2.51. The number of hydrogen-bond acceptors (Lipinski definition) is 2. The van der Waals surface area contributed by atoms with E-state index in [1.165, 1.54) is 0 Å². The lowest BCUT2D eigenvalue weighted by molar-refractivity contribution is 0.0728. The molecule has 0 aliphatic carbocycles. The highest BCUT2D eigenvalue weighted by Gasteiger charge is 2.20. The minimum atomic E-state index is -0.0507. The van der Waals surface area contributed by atoms with Gasteiger partial charge in [-0.1, -0.05) is 29.8 Å². The van der Waals surface area contributed by atoms with E-state index in [2.05, 4.69) is 0 Å². The first-order chi connectivity index (χ1) is 11.1. The molecule has 1 aromatic carbocycles. The quantitative estimate of drug-likeness (QED) is 0.665. The molecule has 118 valence electrons. The van der Waals surface area contributed by atoms with Gasteiger partial charge in [-0.3, -0.25) is 4.79 Å². The van der Waals surface area contributed by atoms with E-state index in [1.54, 1.807) is 23.5 Å². The second-order valence-electron chi connectivity index (χ2n) is 5.33. The smallest absolute Gasteiger partial charge is 0.256 e. The van der Waals surface area contributed by atoms with Gasteiger partial charge in [0.15, 0.2) is 0 Å². The lowest BCUT2D eigenvalue weighted by Gasteiger charge is -2.23. The molecule has 23 heavy (non-hydrogen) atoms. The van der Waals surface area contributed by atoms with Crippen LogP contribution >= 0.6 is 22.9 Å². The van der Waals surface area contributed by atoms with E-state index >= 15 is 0 Å². The van der Waals surface area contributed by atoms with Crippen LogP contribution in [0.1, 0.15) is 20.9 Å². The minimum absolute atomic E-state index is 0.0507. The summed E-state index contributed by atoms with van der Waals surface area (Å²) >= 11 is 7.86. The van der Waals surface area contributed by atoms with Crippen molar-refractivity contribution in [2.24, 2.45) is 7.05 Å². The van der Waals surface area contributed by atoms with Gasteiger partial charge >= 0.3 is 0 Å². The molecule has 0 unspecified atom stereocenters. The van der Waals surface area contributed by atoms with Crippen molar-refractivity contribution in [3.8, 4) is 0 Å². The van der Waals surface area contributed by atoms with Gasteiger partial charge in [-0.15, -0.1) is 11.3 Å². The Bertz CT molecular complexity index is 795. The molecule has 2 heterocycles. The van der Waals surface area contributed by atoms with Crippen molar-refractivity contribution in [1.29, 1.82) is 0 Å². The standard InChI is InChI=1S/C18H17ClN2OS/c1-20-10-4-6-14(20)12-21(13-15-7-5-11-23-15)18(22)16-8-2-3-9-17(16)19/h2-11H,12-13H2,1H3. The van der Waals surface area contributed by atoms with E-state index in [9.17, 15) is 4.79 Å². The number of thiophene rings is 1. The van der Waals surface area contributed by atoms with Crippen LogP contribution in [0.4, 0.5) is 0 Å². The molecule has 0 atom stereocenters. The van der Waals surface area contributed by atoms with Crippen molar-refractivity contribution < 1.29 is 4.79 Å². The van der Waals surface area contributed by atoms with Crippen LogP contribution in [0, 0.1) is 0 Å². The Kier molecular flexibility index (Phi) is 4.84. The number of carbonyl (C=O) groups is 1. The van der Waals surface area contributed by atoms with Crippen molar-refractivity contribution in [1.82, 2.24) is 9.47 Å². The van der Waals surface area contributed by atoms with Gasteiger partial charge in [-0.2, -0.15) is 0 Å². The SMILES string of the molecule is Cn1cccc1CN(Cc1cccs1)C(=O)c1ccccc1Cl. The number of hydrogen-bond donors (Lipinski definition) is 0. The molecule has 0 bridgehead atoms. The predicted octanol–water partition coefficient (Wildman–Crippen LogP) is 4.58. The monoisotopic (exact) mass is 344 g/mol. The number of aryl methyl sites for hydroxylation is 1. The molecule has 0 spiro atoms. The first-order valence-corrected chi connectivity index (χ1v) is 8.57. The van der Waals surface area contributed by atoms with E-state index < -0.39 is 0 Å². The maximum atomic E-state index is 13.0. The van der Waals surface area contributed by atoms with Gasteiger partial charge in [0.05, 0.1) is 23.7 Å². The molecule has 0 radical (unpaired) electrons. The predicted molar refractivity (Wildman–Crippen MR) is 94.8 cm³/mol. The van der Waals surface area contributed by atoms with Gasteiger partial charge in [-0.25, -0.2) is 0 Å². The molecule has 3 rings (SSSR count). The van der Waals surface area contributed by atoms with Crippen LogP contribution in [-0.4, -0.2) is 15.4 Å². The zero-order chi connectivity index (χ0) is 16.2. The molecular weight excluding hydrogens is 328 g/mol. The number of rotatable bonds is 5. The Balaban J connectivity index is 1.89. The summed E-state index contributed by atoms with van der Waals surface area (Å²) in [6, 6.07) is 15.3. The maximum Gasteiger partial charge on any atom is 0.256 e. The van der Waals surface area contributed by atoms with Crippen LogP contribution in [0.2, 0.25) is 5.02 Å². The Labute approximate surface area is 144 Å². The summed E-state index contributed by atoms with van der Waals surface area (Å²) in [6.07, 6.45) is 1.98. The summed E-state index contributed by atoms with van der Waals surface area (Å²) < 4.78 is 2.03. The second kappa shape index (κ2) is 7.02. The van der Waals surface area contributed by atoms with Gasteiger partial charge in [0.1, 0.15) is 0 Å². The van der Waals surface area contributed by atoms with Gasteiger partial charge in [0.25, 0.3) is 5.91 Å². The van der Waals surface area contributed by atoms with Crippen LogP contribution in [0.5, 0.6) is 0 Å². The first-order valence-electron chi connectivity index (χ1n) is 7.31. The average molecular weight is 345 g/mol. The maximum absolute atomic E-state index is 13.0. The zero-order valence-electron chi connectivity index (χ0n) is 12.8. The van der Waals surface area contributed by atoms with Crippen molar-refractivity contribution in [3.05, 3.63) is 81.3 Å². The molecule has 0 saturated carbocycles. The zero-order valence-corrected chi connectivity index (χ0v) is 14.3. The van der Waals surface area contributed by atoms with Crippen molar-refractivity contribution >= 4 is 28.8 Å². The molecule has 2 aromatic heterocycles. The highest BCUT2D eigenvalue weighted by atomic mass is 35.5. The molecule has 0 aliphatic heterocycles. The summed E-state index contributed by atoms with van der Waals surface area (Å²) in [4.78, 5) is 16.0. The number of carbonyl (C=O) groups excluding carboxylic acids is 1. The van der Waals surface area contributed by atoms with Gasteiger partial charge in [0.2, 0.25) is 0 Å². The minimum Gasteiger partial charge on any atom is -0.353 e. The van der Waals surface area contributed by atoms with Gasteiger partial charge in [0, 0.05) is 23.8 Å².